The Bertz CT molecular complexity index is 1280. The topological polar surface area (TPSA) is 95.0 Å². The van der Waals surface area contributed by atoms with Crippen molar-refractivity contribution in [2.24, 2.45) is 17.8 Å². The Morgan fingerprint density at radius 3 is 2.38 bits per heavy atom. The molecule has 196 valence electrons. The molecule has 10 heteroatoms. The highest BCUT2D eigenvalue weighted by Crippen LogP contribution is 2.65. The van der Waals surface area contributed by atoms with Crippen molar-refractivity contribution in [3.63, 3.8) is 0 Å². The number of benzene rings is 1. The quantitative estimate of drug-likeness (QED) is 0.344. The summed E-state index contributed by atoms with van der Waals surface area (Å²) in [5, 5.41) is 9.79. The van der Waals surface area contributed by atoms with Gasteiger partial charge in [-0.3, -0.25) is 29.0 Å². The van der Waals surface area contributed by atoms with Gasteiger partial charge < -0.3 is 5.11 Å². The first kappa shape index (κ1) is 24.9. The molecular formula is C27H27Cl2FN2O5. The van der Waals surface area contributed by atoms with Crippen molar-refractivity contribution in [3.05, 3.63) is 41.2 Å². The molecule has 3 aliphatic carbocycles. The second-order valence-corrected chi connectivity index (χ2v) is 12.3. The van der Waals surface area contributed by atoms with Gasteiger partial charge in [0.05, 0.1) is 11.8 Å². The molecule has 6 rings (SSSR count). The smallest absolute Gasteiger partial charge is 0.253 e. The third kappa shape index (κ3) is 3.11. The number of fused-ring (bicyclic) bond motifs is 4. The first-order valence-electron chi connectivity index (χ1n) is 12.8. The molecule has 2 aliphatic heterocycles. The Labute approximate surface area is 223 Å². The van der Waals surface area contributed by atoms with Gasteiger partial charge >= 0.3 is 0 Å². The van der Waals surface area contributed by atoms with Crippen molar-refractivity contribution in [2.75, 3.05) is 7.05 Å². The highest BCUT2D eigenvalue weighted by molar-refractivity contribution is 6.53. The lowest BCUT2D eigenvalue weighted by molar-refractivity contribution is -0.144. The summed E-state index contributed by atoms with van der Waals surface area (Å²) < 4.78 is 14.5. The third-order valence-corrected chi connectivity index (χ3v) is 10.7. The van der Waals surface area contributed by atoms with Crippen LogP contribution in [0.4, 0.5) is 4.39 Å². The van der Waals surface area contributed by atoms with Crippen LogP contribution in [-0.2, 0) is 19.2 Å². The lowest BCUT2D eigenvalue weighted by Gasteiger charge is -2.50. The van der Waals surface area contributed by atoms with Gasteiger partial charge in [-0.25, -0.2) is 4.39 Å². The van der Waals surface area contributed by atoms with E-state index in [1.165, 1.54) is 18.0 Å². The largest absolute Gasteiger partial charge is 0.505 e. The molecule has 0 aromatic heterocycles. The molecule has 5 aliphatic rings. The number of imide groups is 2. The molecular weight excluding hydrogens is 522 g/mol. The number of alkyl halides is 2. The Kier molecular flexibility index (Phi) is 5.56. The minimum atomic E-state index is -1.96. The van der Waals surface area contributed by atoms with Crippen molar-refractivity contribution in [2.45, 2.75) is 66.7 Å². The molecule has 1 aromatic carbocycles. The fourth-order valence-electron chi connectivity index (χ4n) is 7.54. The summed E-state index contributed by atoms with van der Waals surface area (Å²) in [5.74, 6) is -6.28. The maximum Gasteiger partial charge on any atom is 0.253 e. The number of amides is 4. The summed E-state index contributed by atoms with van der Waals surface area (Å²) in [6.45, 7) is 0. The number of allylic oxidation sites excluding steroid dienone is 2. The first-order chi connectivity index (χ1) is 17.5. The van der Waals surface area contributed by atoms with E-state index in [1.54, 1.807) is 0 Å². The van der Waals surface area contributed by atoms with E-state index in [0.29, 0.717) is 5.57 Å². The maximum absolute atomic E-state index is 14.5. The van der Waals surface area contributed by atoms with Crippen LogP contribution in [0.2, 0.25) is 0 Å². The van der Waals surface area contributed by atoms with Crippen LogP contribution in [0.25, 0.3) is 0 Å². The highest BCUT2D eigenvalue weighted by Gasteiger charge is 2.76. The molecule has 2 saturated heterocycles. The van der Waals surface area contributed by atoms with E-state index in [-0.39, 0.29) is 36.3 Å². The molecule has 2 saturated carbocycles. The lowest BCUT2D eigenvalue weighted by Crippen LogP contribution is -2.60. The molecule has 1 N–H and O–H groups in total. The van der Waals surface area contributed by atoms with Crippen LogP contribution in [-0.4, -0.2) is 61.4 Å². The fraction of sp³-hybridized carbons (Fsp3) is 0.556. The van der Waals surface area contributed by atoms with Gasteiger partial charge in [-0.1, -0.05) is 37.0 Å². The molecule has 6 unspecified atom stereocenters. The number of halogens is 3. The van der Waals surface area contributed by atoms with E-state index < -0.39 is 56.8 Å². The van der Waals surface area contributed by atoms with Gasteiger partial charge in [0.25, 0.3) is 11.8 Å². The number of aromatic hydroxyl groups is 1. The highest BCUT2D eigenvalue weighted by atomic mass is 35.5. The fourth-order valence-corrected chi connectivity index (χ4v) is 8.56. The molecule has 0 spiro atoms. The second kappa shape index (κ2) is 8.27. The molecule has 0 radical (unpaired) electrons. The number of hydrogen-bond acceptors (Lipinski definition) is 5. The Morgan fingerprint density at radius 1 is 1.00 bits per heavy atom. The number of likely N-dealkylation sites (tertiary alicyclic amines) is 2. The number of nitrogens with zero attached hydrogens (tertiary/aromatic N) is 2. The zero-order valence-electron chi connectivity index (χ0n) is 20.3. The molecule has 37 heavy (non-hydrogen) atoms. The predicted molar refractivity (Wildman–Crippen MR) is 132 cm³/mol. The summed E-state index contributed by atoms with van der Waals surface area (Å²) in [4.78, 5) is 52.7. The van der Waals surface area contributed by atoms with Gasteiger partial charge in [-0.2, -0.15) is 0 Å². The van der Waals surface area contributed by atoms with Crippen LogP contribution in [0.15, 0.2) is 29.8 Å². The zero-order chi connectivity index (χ0) is 26.4. The van der Waals surface area contributed by atoms with Crippen LogP contribution in [0.5, 0.6) is 5.75 Å². The maximum atomic E-state index is 14.5. The molecule has 4 amide bonds. The summed E-state index contributed by atoms with van der Waals surface area (Å²) in [7, 11) is 1.31. The number of carbonyl (C=O) groups excluding carboxylic acids is 4. The van der Waals surface area contributed by atoms with Crippen molar-refractivity contribution < 1.29 is 28.7 Å². The average molecular weight is 549 g/mol. The SMILES string of the molecule is CN1C(=O)C2(Cl)CC3C(=CCC4C(=O)N(C5CCCCC5)C(=O)C43)C(c3ccc(O)c(F)c3)C2(Cl)C1=O. The Hall–Kier alpha value is -2.45. The van der Waals surface area contributed by atoms with Crippen LogP contribution in [0.1, 0.15) is 56.4 Å². The van der Waals surface area contributed by atoms with Crippen molar-refractivity contribution in [1.29, 1.82) is 0 Å². The summed E-state index contributed by atoms with van der Waals surface area (Å²) >= 11 is 14.1. The van der Waals surface area contributed by atoms with E-state index in [4.69, 9.17) is 23.2 Å². The standard InChI is InChI=1S/C27H27Cl2FN2O5/c1-31-24(36)26(28)12-17-15(21(27(26,29)25(31)37)13-7-10-19(33)18(30)11-13)8-9-16-20(17)23(35)32(22(16)34)14-5-3-2-4-6-14/h7-8,10-11,14,16-17,20-21,33H,2-6,9,12H2,1H3. The van der Waals surface area contributed by atoms with E-state index in [1.807, 2.05) is 6.08 Å². The first-order valence-corrected chi connectivity index (χ1v) is 13.5. The number of phenols is 1. The molecule has 4 fully saturated rings. The summed E-state index contributed by atoms with van der Waals surface area (Å²) in [5.41, 5.74) is 0.878. The van der Waals surface area contributed by atoms with Crippen LogP contribution in [0.3, 0.4) is 0 Å². The zero-order valence-corrected chi connectivity index (χ0v) is 21.8. The Balaban J connectivity index is 1.49. The van der Waals surface area contributed by atoms with Crippen LogP contribution >= 0.6 is 23.2 Å². The van der Waals surface area contributed by atoms with Crippen LogP contribution < -0.4 is 0 Å². The van der Waals surface area contributed by atoms with E-state index in [0.717, 1.165) is 49.1 Å². The van der Waals surface area contributed by atoms with E-state index in [9.17, 15) is 28.7 Å². The van der Waals surface area contributed by atoms with Gasteiger partial charge in [0.2, 0.25) is 11.8 Å². The van der Waals surface area contributed by atoms with Crippen molar-refractivity contribution in [1.82, 2.24) is 9.80 Å². The minimum absolute atomic E-state index is 0.0887. The van der Waals surface area contributed by atoms with Gasteiger partial charge in [-0.15, -0.1) is 23.2 Å². The number of carbonyl (C=O) groups is 4. The van der Waals surface area contributed by atoms with E-state index >= 15 is 0 Å². The van der Waals surface area contributed by atoms with Gasteiger partial charge in [0.15, 0.2) is 21.3 Å². The third-order valence-electron chi connectivity index (χ3n) is 9.29. The van der Waals surface area contributed by atoms with Crippen molar-refractivity contribution >= 4 is 46.8 Å². The molecule has 7 nitrogen and oxygen atoms in total. The second-order valence-electron chi connectivity index (χ2n) is 11.0. The molecule has 1 aromatic rings. The minimum Gasteiger partial charge on any atom is -0.505 e. The van der Waals surface area contributed by atoms with Gasteiger partial charge in [0, 0.05) is 19.0 Å². The number of hydrogen-bond donors (Lipinski definition) is 1. The monoisotopic (exact) mass is 548 g/mol. The van der Waals surface area contributed by atoms with Crippen LogP contribution in [0, 0.1) is 23.6 Å². The Morgan fingerprint density at radius 2 is 1.70 bits per heavy atom. The number of phenolic OH excluding ortho intramolecular Hbond substituents is 1. The van der Waals surface area contributed by atoms with Crippen molar-refractivity contribution in [3.8, 4) is 5.75 Å². The summed E-state index contributed by atoms with van der Waals surface area (Å²) in [6.07, 6.45) is 6.57. The normalized spacial score (nSPS) is 38.0. The number of rotatable bonds is 2. The van der Waals surface area contributed by atoms with Gasteiger partial charge in [0.1, 0.15) is 0 Å². The van der Waals surface area contributed by atoms with E-state index in [2.05, 4.69) is 0 Å². The predicted octanol–water partition coefficient (Wildman–Crippen LogP) is 3.85. The molecule has 0 bridgehead atoms. The summed E-state index contributed by atoms with van der Waals surface area (Å²) in [6, 6.07) is 3.57. The van der Waals surface area contributed by atoms with Gasteiger partial charge in [-0.05, 0) is 49.3 Å². The molecule has 6 atom stereocenters. The average Bonchev–Trinajstić information content (AvgIpc) is 3.21. The molecule has 2 heterocycles. The lowest BCUT2D eigenvalue weighted by atomic mass is 9.56.